The molecule has 0 aromatic heterocycles. The fourth-order valence-electron chi connectivity index (χ4n) is 2.03. The van der Waals surface area contributed by atoms with Crippen LogP contribution in [-0.2, 0) is 9.53 Å². The third-order valence-corrected chi connectivity index (χ3v) is 2.83. The van der Waals surface area contributed by atoms with Crippen LogP contribution >= 0.6 is 0 Å². The monoisotopic (exact) mass is 238 g/mol. The first-order valence-electron chi connectivity index (χ1n) is 5.55. The minimum absolute atomic E-state index is 0.0466. The molecule has 0 radical (unpaired) electrons. The Bertz CT molecular complexity index is 411. The molecule has 2 N–H and O–H groups in total. The maximum Gasteiger partial charge on any atom is 0.249 e. The van der Waals surface area contributed by atoms with Crippen molar-refractivity contribution in [2.24, 2.45) is 5.73 Å². The number of rotatable bonds is 3. The van der Waals surface area contributed by atoms with E-state index in [1.807, 2.05) is 0 Å². The average Bonchev–Trinajstić information content (AvgIpc) is 2.33. The number of hydrogen-bond donors (Lipinski definition) is 1. The maximum absolute atomic E-state index is 13.7. The Labute approximate surface area is 99.2 Å². The Morgan fingerprint density at radius 1 is 1.47 bits per heavy atom. The molecule has 2 rings (SSSR count). The quantitative estimate of drug-likeness (QED) is 0.842. The first-order chi connectivity index (χ1) is 8.24. The molecule has 1 aromatic carbocycles. The van der Waals surface area contributed by atoms with Gasteiger partial charge in [0.15, 0.2) is 0 Å². The Kier molecular flexibility index (Phi) is 3.71. The first kappa shape index (κ1) is 12.0. The minimum Gasteiger partial charge on any atom is -0.369 e. The minimum atomic E-state index is -0.374. The lowest BCUT2D eigenvalue weighted by atomic mass is 10.0. The van der Waals surface area contributed by atoms with Crippen molar-refractivity contribution in [2.75, 3.05) is 26.3 Å². The number of carbonyl (C=O) groups is 1. The summed E-state index contributed by atoms with van der Waals surface area (Å²) in [6.07, 6.45) is 0. The molecule has 1 fully saturated rings. The predicted molar refractivity (Wildman–Crippen MR) is 60.7 cm³/mol. The normalized spacial score (nSPS) is 20.7. The fourth-order valence-corrected chi connectivity index (χ4v) is 2.03. The van der Waals surface area contributed by atoms with Crippen LogP contribution in [0.3, 0.4) is 0 Å². The SMILES string of the molecule is NCCN1C(=O)COCC1c1ccccc1F. The summed E-state index contributed by atoms with van der Waals surface area (Å²) < 4.78 is 18.9. The molecule has 1 amide bonds. The zero-order valence-corrected chi connectivity index (χ0v) is 9.43. The van der Waals surface area contributed by atoms with Gasteiger partial charge in [0, 0.05) is 18.7 Å². The van der Waals surface area contributed by atoms with Crippen molar-refractivity contribution >= 4 is 5.91 Å². The molecule has 1 unspecified atom stereocenters. The van der Waals surface area contributed by atoms with Crippen LogP contribution < -0.4 is 5.73 Å². The standard InChI is InChI=1S/C12H15FN2O2/c13-10-4-2-1-3-9(10)11-7-17-8-12(16)15(11)6-5-14/h1-4,11H,5-8,14H2. The number of halogens is 1. The summed E-state index contributed by atoms with van der Waals surface area (Å²) in [5.74, 6) is -0.465. The molecule has 1 saturated heterocycles. The van der Waals surface area contributed by atoms with Crippen molar-refractivity contribution < 1.29 is 13.9 Å². The summed E-state index contributed by atoms with van der Waals surface area (Å²) in [4.78, 5) is 13.3. The van der Waals surface area contributed by atoms with E-state index < -0.39 is 0 Å². The van der Waals surface area contributed by atoms with Crippen LogP contribution in [0.2, 0.25) is 0 Å². The second-order valence-electron chi connectivity index (χ2n) is 3.93. The Morgan fingerprint density at radius 2 is 2.24 bits per heavy atom. The molecular weight excluding hydrogens is 223 g/mol. The summed E-state index contributed by atoms with van der Waals surface area (Å²) in [5.41, 5.74) is 5.95. The molecule has 4 nitrogen and oxygen atoms in total. The number of amides is 1. The van der Waals surface area contributed by atoms with Crippen LogP contribution in [0, 0.1) is 5.82 Å². The van der Waals surface area contributed by atoms with E-state index in [9.17, 15) is 9.18 Å². The van der Waals surface area contributed by atoms with Crippen molar-refractivity contribution in [1.29, 1.82) is 0 Å². The number of hydrogen-bond acceptors (Lipinski definition) is 3. The summed E-state index contributed by atoms with van der Waals surface area (Å²) in [5, 5.41) is 0. The van der Waals surface area contributed by atoms with Crippen molar-refractivity contribution in [3.63, 3.8) is 0 Å². The van der Waals surface area contributed by atoms with Gasteiger partial charge in [-0.05, 0) is 6.07 Å². The molecule has 1 aliphatic heterocycles. The van der Waals surface area contributed by atoms with Crippen LogP contribution in [0.5, 0.6) is 0 Å². The molecule has 0 aliphatic carbocycles. The first-order valence-corrected chi connectivity index (χ1v) is 5.55. The predicted octanol–water partition coefficient (Wildman–Crippen LogP) is 0.684. The Hall–Kier alpha value is -1.46. The largest absolute Gasteiger partial charge is 0.369 e. The number of ether oxygens (including phenoxy) is 1. The Balaban J connectivity index is 2.28. The van der Waals surface area contributed by atoms with Crippen LogP contribution in [0.4, 0.5) is 4.39 Å². The van der Waals surface area contributed by atoms with Gasteiger partial charge in [-0.1, -0.05) is 18.2 Å². The van der Waals surface area contributed by atoms with Crippen molar-refractivity contribution in [3.8, 4) is 0 Å². The summed E-state index contributed by atoms with van der Waals surface area (Å²) in [6.45, 7) is 1.13. The number of nitrogens with zero attached hydrogens (tertiary/aromatic N) is 1. The van der Waals surface area contributed by atoms with Gasteiger partial charge in [-0.15, -0.1) is 0 Å². The van der Waals surface area contributed by atoms with E-state index in [1.165, 1.54) is 6.07 Å². The van der Waals surface area contributed by atoms with E-state index in [4.69, 9.17) is 10.5 Å². The van der Waals surface area contributed by atoms with Gasteiger partial charge in [0.25, 0.3) is 0 Å². The third-order valence-electron chi connectivity index (χ3n) is 2.83. The van der Waals surface area contributed by atoms with Crippen LogP contribution in [-0.4, -0.2) is 37.1 Å². The molecule has 92 valence electrons. The van der Waals surface area contributed by atoms with Gasteiger partial charge in [-0.3, -0.25) is 4.79 Å². The number of benzene rings is 1. The van der Waals surface area contributed by atoms with Gasteiger partial charge in [-0.25, -0.2) is 4.39 Å². The van der Waals surface area contributed by atoms with E-state index in [1.54, 1.807) is 23.1 Å². The Morgan fingerprint density at radius 3 is 2.94 bits per heavy atom. The van der Waals surface area contributed by atoms with E-state index in [2.05, 4.69) is 0 Å². The molecule has 17 heavy (non-hydrogen) atoms. The molecule has 0 saturated carbocycles. The van der Waals surface area contributed by atoms with Gasteiger partial charge in [0.2, 0.25) is 5.91 Å². The van der Waals surface area contributed by atoms with Crippen LogP contribution in [0.1, 0.15) is 11.6 Å². The highest BCUT2D eigenvalue weighted by molar-refractivity contribution is 5.78. The molecular formula is C12H15FN2O2. The third kappa shape index (κ3) is 2.45. The number of nitrogens with two attached hydrogens (primary N) is 1. The molecule has 1 heterocycles. The molecule has 1 aliphatic rings. The van der Waals surface area contributed by atoms with Gasteiger partial charge in [0.05, 0.1) is 12.6 Å². The van der Waals surface area contributed by atoms with Gasteiger partial charge in [-0.2, -0.15) is 0 Å². The highest BCUT2D eigenvalue weighted by atomic mass is 19.1. The lowest BCUT2D eigenvalue weighted by molar-refractivity contribution is -0.148. The second-order valence-corrected chi connectivity index (χ2v) is 3.93. The highest BCUT2D eigenvalue weighted by Gasteiger charge is 2.30. The molecule has 1 atom stereocenters. The topological polar surface area (TPSA) is 55.6 Å². The van der Waals surface area contributed by atoms with Gasteiger partial charge >= 0.3 is 0 Å². The molecule has 1 aromatic rings. The average molecular weight is 238 g/mol. The summed E-state index contributed by atoms with van der Waals surface area (Å²) >= 11 is 0. The van der Waals surface area contributed by atoms with Gasteiger partial charge < -0.3 is 15.4 Å². The van der Waals surface area contributed by atoms with E-state index in [0.29, 0.717) is 25.3 Å². The molecule has 0 bridgehead atoms. The van der Waals surface area contributed by atoms with Gasteiger partial charge in [0.1, 0.15) is 12.4 Å². The highest BCUT2D eigenvalue weighted by Crippen LogP contribution is 2.26. The lowest BCUT2D eigenvalue weighted by Gasteiger charge is -2.35. The molecule has 0 spiro atoms. The zero-order valence-electron chi connectivity index (χ0n) is 9.43. The van der Waals surface area contributed by atoms with E-state index in [-0.39, 0.29) is 24.4 Å². The second kappa shape index (κ2) is 5.25. The summed E-state index contributed by atoms with van der Waals surface area (Å²) in [6, 6.07) is 6.05. The van der Waals surface area contributed by atoms with Crippen LogP contribution in [0.25, 0.3) is 0 Å². The van der Waals surface area contributed by atoms with Crippen LogP contribution in [0.15, 0.2) is 24.3 Å². The zero-order chi connectivity index (χ0) is 12.3. The van der Waals surface area contributed by atoms with Crippen molar-refractivity contribution in [3.05, 3.63) is 35.6 Å². The number of carbonyl (C=O) groups excluding carboxylic acids is 1. The van der Waals surface area contributed by atoms with Crippen molar-refractivity contribution in [2.45, 2.75) is 6.04 Å². The van der Waals surface area contributed by atoms with Crippen molar-refractivity contribution in [1.82, 2.24) is 4.90 Å². The van der Waals surface area contributed by atoms with E-state index in [0.717, 1.165) is 0 Å². The van der Waals surface area contributed by atoms with E-state index >= 15 is 0 Å². The lowest BCUT2D eigenvalue weighted by Crippen LogP contribution is -2.46. The smallest absolute Gasteiger partial charge is 0.249 e. The maximum atomic E-state index is 13.7. The summed E-state index contributed by atoms with van der Waals surface area (Å²) in [7, 11) is 0. The fraction of sp³-hybridized carbons (Fsp3) is 0.417. The number of morpholine rings is 1. The molecule has 5 heteroatoms.